The number of hydrogen-bond donors (Lipinski definition) is 0. The SMILES string of the molecule is O=S([O-])ON1CCC1c1ccco1. The van der Waals surface area contributed by atoms with Crippen molar-refractivity contribution in [2.24, 2.45) is 0 Å². The molecule has 2 atom stereocenters. The van der Waals surface area contributed by atoms with E-state index in [0.717, 1.165) is 12.2 Å². The molecule has 1 fully saturated rings. The highest BCUT2D eigenvalue weighted by atomic mass is 32.2. The van der Waals surface area contributed by atoms with Crippen LogP contribution in [0.3, 0.4) is 0 Å². The molecule has 1 aliphatic rings. The number of hydrogen-bond acceptors (Lipinski definition) is 5. The summed E-state index contributed by atoms with van der Waals surface area (Å²) in [5.41, 5.74) is 0. The first-order chi connectivity index (χ1) is 6.27. The van der Waals surface area contributed by atoms with E-state index < -0.39 is 11.4 Å². The van der Waals surface area contributed by atoms with Gasteiger partial charge in [-0.1, -0.05) is 0 Å². The molecule has 0 radical (unpaired) electrons. The Kier molecular flexibility index (Phi) is 2.45. The van der Waals surface area contributed by atoms with Gasteiger partial charge in [-0.2, -0.15) is 5.06 Å². The molecular weight excluding hydrogens is 194 g/mol. The highest BCUT2D eigenvalue weighted by Crippen LogP contribution is 2.33. The zero-order chi connectivity index (χ0) is 9.26. The van der Waals surface area contributed by atoms with Crippen molar-refractivity contribution in [3.8, 4) is 0 Å². The lowest BCUT2D eigenvalue weighted by Crippen LogP contribution is -2.40. The van der Waals surface area contributed by atoms with Gasteiger partial charge in [0.1, 0.15) is 17.1 Å². The summed E-state index contributed by atoms with van der Waals surface area (Å²) < 4.78 is 30.1. The third kappa shape index (κ3) is 1.80. The topological polar surface area (TPSA) is 65.7 Å². The maximum absolute atomic E-state index is 10.2. The minimum atomic E-state index is -2.49. The van der Waals surface area contributed by atoms with Gasteiger partial charge in [-0.05, 0) is 18.6 Å². The van der Waals surface area contributed by atoms with Gasteiger partial charge >= 0.3 is 0 Å². The lowest BCUT2D eigenvalue weighted by Gasteiger charge is -2.37. The van der Waals surface area contributed by atoms with Crippen molar-refractivity contribution in [1.82, 2.24) is 5.06 Å². The van der Waals surface area contributed by atoms with Crippen LogP contribution in [0.1, 0.15) is 18.2 Å². The van der Waals surface area contributed by atoms with Crippen LogP contribution < -0.4 is 0 Å². The van der Waals surface area contributed by atoms with E-state index >= 15 is 0 Å². The van der Waals surface area contributed by atoms with Gasteiger partial charge in [0.25, 0.3) is 0 Å². The molecule has 2 rings (SSSR count). The maximum Gasteiger partial charge on any atom is 0.123 e. The van der Waals surface area contributed by atoms with E-state index in [4.69, 9.17) is 4.42 Å². The molecule has 1 aromatic rings. The first-order valence-electron chi connectivity index (χ1n) is 3.85. The van der Waals surface area contributed by atoms with Gasteiger partial charge in [-0.15, -0.1) is 0 Å². The fourth-order valence-corrected chi connectivity index (χ4v) is 1.63. The molecule has 2 heterocycles. The minimum absolute atomic E-state index is 0.0621. The highest BCUT2D eigenvalue weighted by Gasteiger charge is 2.33. The zero-order valence-corrected chi connectivity index (χ0v) is 7.53. The molecule has 0 aliphatic carbocycles. The van der Waals surface area contributed by atoms with Gasteiger partial charge in [0, 0.05) is 6.54 Å². The Labute approximate surface area is 77.7 Å². The third-order valence-electron chi connectivity index (χ3n) is 2.00. The van der Waals surface area contributed by atoms with Crippen LogP contribution in [0.5, 0.6) is 0 Å². The van der Waals surface area contributed by atoms with Gasteiger partial charge in [0.05, 0.1) is 12.3 Å². The van der Waals surface area contributed by atoms with E-state index in [-0.39, 0.29) is 6.04 Å². The molecule has 0 N–H and O–H groups in total. The van der Waals surface area contributed by atoms with E-state index in [1.54, 1.807) is 18.4 Å². The molecule has 0 bridgehead atoms. The highest BCUT2D eigenvalue weighted by molar-refractivity contribution is 7.74. The molecule has 0 spiro atoms. The monoisotopic (exact) mass is 202 g/mol. The molecule has 1 aromatic heterocycles. The van der Waals surface area contributed by atoms with Crippen molar-refractivity contribution >= 4 is 11.4 Å². The zero-order valence-electron chi connectivity index (χ0n) is 6.71. The second-order valence-electron chi connectivity index (χ2n) is 2.74. The quantitative estimate of drug-likeness (QED) is 0.677. The van der Waals surface area contributed by atoms with Crippen LogP contribution >= 0.6 is 0 Å². The summed E-state index contributed by atoms with van der Waals surface area (Å²) in [5.74, 6) is 0.733. The van der Waals surface area contributed by atoms with Crippen LogP contribution in [0.2, 0.25) is 0 Å². The van der Waals surface area contributed by atoms with Crippen LogP contribution in [0.25, 0.3) is 0 Å². The van der Waals surface area contributed by atoms with E-state index in [1.807, 2.05) is 0 Å². The molecule has 13 heavy (non-hydrogen) atoms. The summed E-state index contributed by atoms with van der Waals surface area (Å²) in [6.07, 6.45) is 2.41. The summed E-state index contributed by atoms with van der Waals surface area (Å²) in [5, 5.41) is 1.38. The van der Waals surface area contributed by atoms with Gasteiger partial charge in [-0.3, -0.25) is 0 Å². The van der Waals surface area contributed by atoms with Crippen molar-refractivity contribution in [1.29, 1.82) is 0 Å². The Hall–Kier alpha value is -0.690. The number of hydroxylamine groups is 2. The summed E-state index contributed by atoms with van der Waals surface area (Å²) in [4.78, 5) is 0. The molecule has 5 nitrogen and oxygen atoms in total. The first-order valence-corrected chi connectivity index (χ1v) is 4.85. The summed E-state index contributed by atoms with van der Waals surface area (Å²) in [6.45, 7) is 0.610. The average molecular weight is 202 g/mol. The smallest absolute Gasteiger partial charge is 0.123 e. The Morgan fingerprint density at radius 1 is 1.77 bits per heavy atom. The number of rotatable bonds is 3. The van der Waals surface area contributed by atoms with E-state index in [2.05, 4.69) is 4.28 Å². The Balaban J connectivity index is 1.99. The molecule has 1 aliphatic heterocycles. The predicted octanol–water partition coefficient (Wildman–Crippen LogP) is 0.752. The van der Waals surface area contributed by atoms with E-state index in [0.29, 0.717) is 6.54 Å². The van der Waals surface area contributed by atoms with Gasteiger partial charge in [-0.25, -0.2) is 8.49 Å². The van der Waals surface area contributed by atoms with Crippen LogP contribution in [0.4, 0.5) is 0 Å². The van der Waals surface area contributed by atoms with Crippen LogP contribution in [0, 0.1) is 0 Å². The largest absolute Gasteiger partial charge is 0.748 e. The van der Waals surface area contributed by atoms with Crippen molar-refractivity contribution in [2.45, 2.75) is 12.5 Å². The van der Waals surface area contributed by atoms with Crippen LogP contribution in [-0.2, 0) is 15.6 Å². The van der Waals surface area contributed by atoms with E-state index in [1.165, 1.54) is 5.06 Å². The molecule has 72 valence electrons. The fraction of sp³-hybridized carbons (Fsp3) is 0.429. The molecule has 2 unspecified atom stereocenters. The molecule has 6 heteroatoms. The normalized spacial score (nSPS) is 25.5. The molecule has 0 saturated carbocycles. The lowest BCUT2D eigenvalue weighted by atomic mass is 10.0. The first kappa shape index (κ1) is 8.89. The van der Waals surface area contributed by atoms with Crippen molar-refractivity contribution in [3.63, 3.8) is 0 Å². The standard InChI is InChI=1S/C7H9NO4S/c9-13(10)12-8-4-3-6(8)7-2-1-5-11-7/h1-2,5-6H,3-4H2,(H,9,10)/p-1. The van der Waals surface area contributed by atoms with Crippen LogP contribution in [-0.4, -0.2) is 20.4 Å². The third-order valence-corrected chi connectivity index (χ3v) is 2.31. The molecule has 0 aromatic carbocycles. The Bertz CT molecular complexity index is 299. The van der Waals surface area contributed by atoms with E-state index in [9.17, 15) is 8.76 Å². The second-order valence-corrected chi connectivity index (χ2v) is 3.30. The maximum atomic E-state index is 10.2. The fourth-order valence-electron chi connectivity index (χ4n) is 1.30. The van der Waals surface area contributed by atoms with Gasteiger partial charge in [0.2, 0.25) is 0 Å². The number of furan rings is 1. The predicted molar refractivity (Wildman–Crippen MR) is 42.8 cm³/mol. The molecular formula is C7H8NO4S-. The minimum Gasteiger partial charge on any atom is -0.748 e. The summed E-state index contributed by atoms with van der Waals surface area (Å²) in [6, 6.07) is 3.50. The van der Waals surface area contributed by atoms with Crippen molar-refractivity contribution in [2.75, 3.05) is 6.54 Å². The Morgan fingerprint density at radius 3 is 3.08 bits per heavy atom. The Morgan fingerprint density at radius 2 is 2.62 bits per heavy atom. The lowest BCUT2D eigenvalue weighted by molar-refractivity contribution is -0.158. The average Bonchev–Trinajstić information content (AvgIpc) is 2.51. The summed E-state index contributed by atoms with van der Waals surface area (Å²) >= 11 is -2.49. The second kappa shape index (κ2) is 3.59. The molecule has 0 amide bonds. The van der Waals surface area contributed by atoms with Gasteiger partial charge < -0.3 is 8.97 Å². The summed E-state index contributed by atoms with van der Waals surface area (Å²) in [7, 11) is 0. The molecule has 1 saturated heterocycles. The van der Waals surface area contributed by atoms with Crippen molar-refractivity contribution in [3.05, 3.63) is 24.2 Å². The van der Waals surface area contributed by atoms with Crippen LogP contribution in [0.15, 0.2) is 22.8 Å². The number of nitrogens with zero attached hydrogens (tertiary/aromatic N) is 1. The van der Waals surface area contributed by atoms with Gasteiger partial charge in [0.15, 0.2) is 0 Å². The van der Waals surface area contributed by atoms with Crippen molar-refractivity contribution < 1.29 is 17.5 Å².